The standard InChI is InChI=1S/C19H13F3N2O3/c20-19(21,22)12-4-1-3-11(7-8-12)15-9-17-24(23-15)16-6-2-5-13(18(25)26)14(16)10-27-17/h2-9H,1,10H2,(H,25,26). The molecule has 0 amide bonds. The van der Waals surface area contributed by atoms with Crippen molar-refractivity contribution in [2.45, 2.75) is 19.2 Å². The maximum absolute atomic E-state index is 12.9. The second-order valence-electron chi connectivity index (χ2n) is 6.06. The second-order valence-corrected chi connectivity index (χ2v) is 6.06. The van der Waals surface area contributed by atoms with Gasteiger partial charge in [-0.2, -0.15) is 18.3 Å². The van der Waals surface area contributed by atoms with Crippen LogP contribution >= 0.6 is 0 Å². The van der Waals surface area contributed by atoms with Crippen LogP contribution in [0.1, 0.15) is 28.0 Å². The molecule has 1 aromatic carbocycles. The predicted molar refractivity (Wildman–Crippen MR) is 90.7 cm³/mol. The van der Waals surface area contributed by atoms with E-state index in [9.17, 15) is 23.1 Å². The van der Waals surface area contributed by atoms with E-state index in [1.54, 1.807) is 24.3 Å². The van der Waals surface area contributed by atoms with Gasteiger partial charge in [-0.25, -0.2) is 9.48 Å². The van der Waals surface area contributed by atoms with E-state index >= 15 is 0 Å². The minimum absolute atomic E-state index is 0.0810. The first-order valence-corrected chi connectivity index (χ1v) is 8.09. The number of halogens is 3. The normalized spacial score (nSPS) is 15.8. The zero-order chi connectivity index (χ0) is 19.2. The third-order valence-electron chi connectivity index (χ3n) is 4.39. The Hall–Kier alpha value is -3.29. The van der Waals surface area contributed by atoms with Crippen LogP contribution in [0.15, 0.2) is 54.1 Å². The summed E-state index contributed by atoms with van der Waals surface area (Å²) in [6, 6.07) is 6.46. The van der Waals surface area contributed by atoms with E-state index in [1.807, 2.05) is 0 Å². The van der Waals surface area contributed by atoms with Crippen LogP contribution in [-0.4, -0.2) is 27.0 Å². The molecular formula is C19H13F3N2O3. The van der Waals surface area contributed by atoms with Crippen molar-refractivity contribution in [3.05, 3.63) is 71.0 Å². The maximum Gasteiger partial charge on any atom is 0.416 e. The van der Waals surface area contributed by atoms with Gasteiger partial charge in [0.25, 0.3) is 0 Å². The number of aromatic nitrogens is 2. The Labute approximate surface area is 151 Å². The largest absolute Gasteiger partial charge is 0.478 e. The highest BCUT2D eigenvalue weighted by atomic mass is 19.4. The SMILES string of the molecule is O=C(O)c1cccc2c1COc1cc(C3=CCC=C(C(F)(F)F)C=C3)nn1-2. The zero-order valence-electron chi connectivity index (χ0n) is 13.8. The minimum atomic E-state index is -4.40. The first-order chi connectivity index (χ1) is 12.8. The number of alkyl halides is 3. The molecule has 8 heteroatoms. The predicted octanol–water partition coefficient (Wildman–Crippen LogP) is 4.29. The first-order valence-electron chi connectivity index (χ1n) is 8.09. The fourth-order valence-electron chi connectivity index (χ4n) is 3.08. The van der Waals surface area contributed by atoms with Gasteiger partial charge in [0.1, 0.15) is 6.61 Å². The number of allylic oxidation sites excluding steroid dienone is 6. The summed E-state index contributed by atoms with van der Waals surface area (Å²) in [5.41, 5.74) is 1.49. The summed E-state index contributed by atoms with van der Waals surface area (Å²) in [5, 5.41) is 13.7. The Bertz CT molecular complexity index is 1030. The van der Waals surface area contributed by atoms with E-state index in [-0.39, 0.29) is 18.6 Å². The summed E-state index contributed by atoms with van der Waals surface area (Å²) < 4.78 is 45.7. The molecule has 27 heavy (non-hydrogen) atoms. The molecule has 2 aromatic rings. The molecule has 0 atom stereocenters. The van der Waals surface area contributed by atoms with Gasteiger partial charge < -0.3 is 9.84 Å². The van der Waals surface area contributed by atoms with Crippen molar-refractivity contribution in [2.75, 3.05) is 0 Å². The number of nitrogens with zero attached hydrogens (tertiary/aromatic N) is 2. The van der Waals surface area contributed by atoms with Gasteiger partial charge in [0.15, 0.2) is 0 Å². The van der Waals surface area contributed by atoms with E-state index in [2.05, 4.69) is 5.10 Å². The van der Waals surface area contributed by atoms with Gasteiger partial charge in [-0.1, -0.05) is 24.3 Å². The van der Waals surface area contributed by atoms with Crippen molar-refractivity contribution < 1.29 is 27.8 Å². The number of fused-ring (bicyclic) bond motifs is 3. The molecule has 5 nitrogen and oxygen atoms in total. The molecule has 2 heterocycles. The van der Waals surface area contributed by atoms with Crippen molar-refractivity contribution in [3.63, 3.8) is 0 Å². The van der Waals surface area contributed by atoms with E-state index in [0.29, 0.717) is 28.4 Å². The lowest BCUT2D eigenvalue weighted by molar-refractivity contribution is -0.0883. The molecule has 4 rings (SSSR count). The molecule has 0 unspecified atom stereocenters. The molecule has 1 aliphatic carbocycles. The van der Waals surface area contributed by atoms with Crippen molar-refractivity contribution in [3.8, 4) is 11.6 Å². The van der Waals surface area contributed by atoms with Crippen molar-refractivity contribution in [1.82, 2.24) is 9.78 Å². The molecule has 1 aliphatic heterocycles. The lowest BCUT2D eigenvalue weighted by Crippen LogP contribution is -2.16. The summed E-state index contributed by atoms with van der Waals surface area (Å²) in [5.74, 6) is -0.658. The minimum Gasteiger partial charge on any atom is -0.478 e. The van der Waals surface area contributed by atoms with Gasteiger partial charge in [-0.05, 0) is 30.2 Å². The van der Waals surface area contributed by atoms with Crippen LogP contribution in [0.3, 0.4) is 0 Å². The van der Waals surface area contributed by atoms with E-state index in [4.69, 9.17) is 4.74 Å². The van der Waals surface area contributed by atoms with Crippen LogP contribution in [0.4, 0.5) is 13.2 Å². The average molecular weight is 374 g/mol. The number of hydrogen-bond acceptors (Lipinski definition) is 3. The molecule has 2 aliphatic rings. The second kappa shape index (κ2) is 6.15. The highest BCUT2D eigenvalue weighted by Crippen LogP contribution is 2.34. The quantitative estimate of drug-likeness (QED) is 0.852. The Kier molecular flexibility index (Phi) is 3.91. The maximum atomic E-state index is 12.9. The lowest BCUT2D eigenvalue weighted by Gasteiger charge is -2.20. The number of benzene rings is 1. The van der Waals surface area contributed by atoms with Crippen LogP contribution in [0.25, 0.3) is 11.3 Å². The van der Waals surface area contributed by atoms with E-state index in [1.165, 1.54) is 16.8 Å². The Morgan fingerprint density at radius 2 is 2.04 bits per heavy atom. The molecule has 0 radical (unpaired) electrons. The molecule has 1 N–H and O–H groups in total. The molecule has 0 saturated carbocycles. The van der Waals surface area contributed by atoms with E-state index < -0.39 is 17.7 Å². The number of carbonyl (C=O) groups is 1. The van der Waals surface area contributed by atoms with Gasteiger partial charge in [-0.15, -0.1) is 0 Å². The van der Waals surface area contributed by atoms with Crippen LogP contribution in [0.5, 0.6) is 5.88 Å². The van der Waals surface area contributed by atoms with Gasteiger partial charge in [0, 0.05) is 11.6 Å². The van der Waals surface area contributed by atoms with Gasteiger partial charge in [0.2, 0.25) is 5.88 Å². The van der Waals surface area contributed by atoms with Crippen molar-refractivity contribution in [1.29, 1.82) is 0 Å². The number of carboxylic acid groups (broad SMARTS) is 1. The van der Waals surface area contributed by atoms with Crippen LogP contribution in [-0.2, 0) is 6.61 Å². The van der Waals surface area contributed by atoms with Gasteiger partial charge >= 0.3 is 12.1 Å². The number of carboxylic acids is 1. The summed E-state index contributed by atoms with van der Waals surface area (Å²) in [6.45, 7) is 0.0810. The molecule has 0 fully saturated rings. The number of ether oxygens (including phenoxy) is 1. The third-order valence-corrected chi connectivity index (χ3v) is 4.39. The van der Waals surface area contributed by atoms with Crippen LogP contribution < -0.4 is 4.74 Å². The highest BCUT2D eigenvalue weighted by molar-refractivity contribution is 5.90. The molecule has 1 aromatic heterocycles. The third kappa shape index (κ3) is 3.03. The Morgan fingerprint density at radius 1 is 1.22 bits per heavy atom. The number of rotatable bonds is 2. The topological polar surface area (TPSA) is 64.3 Å². The smallest absolute Gasteiger partial charge is 0.416 e. The van der Waals surface area contributed by atoms with Crippen LogP contribution in [0.2, 0.25) is 0 Å². The Balaban J connectivity index is 1.72. The van der Waals surface area contributed by atoms with Crippen LogP contribution in [0, 0.1) is 0 Å². The average Bonchev–Trinajstić information content (AvgIpc) is 2.89. The number of hydrogen-bond donors (Lipinski definition) is 1. The molecular weight excluding hydrogens is 361 g/mol. The molecule has 0 spiro atoms. The number of aromatic carboxylic acids is 1. The van der Waals surface area contributed by atoms with Crippen molar-refractivity contribution in [2.24, 2.45) is 0 Å². The summed E-state index contributed by atoms with van der Waals surface area (Å²) in [7, 11) is 0. The lowest BCUT2D eigenvalue weighted by atomic mass is 10.1. The van der Waals surface area contributed by atoms with Crippen molar-refractivity contribution >= 4 is 11.5 Å². The molecule has 0 saturated heterocycles. The fourth-order valence-corrected chi connectivity index (χ4v) is 3.08. The highest BCUT2D eigenvalue weighted by Gasteiger charge is 2.32. The molecule has 0 bridgehead atoms. The Morgan fingerprint density at radius 3 is 2.78 bits per heavy atom. The summed E-state index contributed by atoms with van der Waals surface area (Å²) >= 11 is 0. The first kappa shape index (κ1) is 17.1. The van der Waals surface area contributed by atoms with Gasteiger partial charge in [-0.3, -0.25) is 0 Å². The summed E-state index contributed by atoms with van der Waals surface area (Å²) in [6.07, 6.45) is 0.884. The summed E-state index contributed by atoms with van der Waals surface area (Å²) in [4.78, 5) is 11.4. The fraction of sp³-hybridized carbons (Fsp3) is 0.158. The van der Waals surface area contributed by atoms with Gasteiger partial charge in [0.05, 0.1) is 22.5 Å². The zero-order valence-corrected chi connectivity index (χ0v) is 13.8. The monoisotopic (exact) mass is 374 g/mol. The van der Waals surface area contributed by atoms with E-state index in [0.717, 1.165) is 12.2 Å². The molecule has 138 valence electrons.